The molecule has 2 N–H and O–H groups in total. The highest BCUT2D eigenvalue weighted by atomic mass is 32.2. The third-order valence-electron chi connectivity index (χ3n) is 2.32. The molecule has 1 amide bonds. The number of anilines is 1. The van der Waals surface area contributed by atoms with Crippen molar-refractivity contribution in [3.05, 3.63) is 23.5 Å². The fourth-order valence-electron chi connectivity index (χ4n) is 1.30. The van der Waals surface area contributed by atoms with Crippen LogP contribution in [-0.4, -0.2) is 41.4 Å². The van der Waals surface area contributed by atoms with Crippen molar-refractivity contribution in [1.82, 2.24) is 9.88 Å². The van der Waals surface area contributed by atoms with Crippen molar-refractivity contribution in [3.63, 3.8) is 0 Å². The van der Waals surface area contributed by atoms with Gasteiger partial charge in [0, 0.05) is 19.3 Å². The Balaban J connectivity index is 2.83. The van der Waals surface area contributed by atoms with Gasteiger partial charge in [-0.05, 0) is 19.2 Å². The lowest BCUT2D eigenvalue weighted by Gasteiger charge is -2.17. The minimum atomic E-state index is -0.0219. The van der Waals surface area contributed by atoms with Crippen molar-refractivity contribution in [2.75, 3.05) is 31.3 Å². The van der Waals surface area contributed by atoms with Crippen LogP contribution in [0.3, 0.4) is 0 Å². The highest BCUT2D eigenvalue weighted by Crippen LogP contribution is 2.12. The van der Waals surface area contributed by atoms with Crippen LogP contribution in [0.1, 0.15) is 16.1 Å². The summed E-state index contributed by atoms with van der Waals surface area (Å²) in [5.41, 5.74) is 7.45. The molecule has 4 nitrogen and oxygen atoms in total. The monoisotopic (exact) mass is 239 g/mol. The highest BCUT2D eigenvalue weighted by Gasteiger charge is 2.14. The van der Waals surface area contributed by atoms with E-state index in [9.17, 15) is 4.79 Å². The molecule has 0 aromatic carbocycles. The minimum absolute atomic E-state index is 0.0219. The van der Waals surface area contributed by atoms with Crippen molar-refractivity contribution in [1.29, 1.82) is 0 Å². The standard InChI is InChI=1S/C11H17N3OS/c1-8-10(6-9(12)7-13-8)11(15)14(2)4-5-16-3/h6-7H,4-5,12H2,1-3H3. The van der Waals surface area contributed by atoms with Gasteiger partial charge in [0.25, 0.3) is 5.91 Å². The topological polar surface area (TPSA) is 59.2 Å². The molecule has 0 saturated heterocycles. The average molecular weight is 239 g/mol. The molecule has 0 radical (unpaired) electrons. The van der Waals surface area contributed by atoms with Crippen LogP contribution in [0, 0.1) is 6.92 Å². The van der Waals surface area contributed by atoms with E-state index < -0.39 is 0 Å². The van der Waals surface area contributed by atoms with E-state index in [1.807, 2.05) is 13.2 Å². The molecule has 0 atom stereocenters. The van der Waals surface area contributed by atoms with Crippen LogP contribution < -0.4 is 5.73 Å². The number of nitrogens with zero attached hydrogens (tertiary/aromatic N) is 2. The van der Waals surface area contributed by atoms with Crippen LogP contribution >= 0.6 is 11.8 Å². The number of rotatable bonds is 4. The highest BCUT2D eigenvalue weighted by molar-refractivity contribution is 7.98. The molecule has 88 valence electrons. The number of amides is 1. The molecule has 0 aliphatic rings. The van der Waals surface area contributed by atoms with Crippen molar-refractivity contribution in [3.8, 4) is 0 Å². The third kappa shape index (κ3) is 3.13. The Morgan fingerprint density at radius 1 is 1.62 bits per heavy atom. The lowest BCUT2D eigenvalue weighted by atomic mass is 10.1. The average Bonchev–Trinajstić information content (AvgIpc) is 2.28. The number of carbonyl (C=O) groups excluding carboxylic acids is 1. The minimum Gasteiger partial charge on any atom is -0.397 e. The van der Waals surface area contributed by atoms with Crippen LogP contribution in [0.4, 0.5) is 5.69 Å². The largest absolute Gasteiger partial charge is 0.397 e. The summed E-state index contributed by atoms with van der Waals surface area (Å²) in [6.07, 6.45) is 3.58. The van der Waals surface area contributed by atoms with E-state index in [1.54, 1.807) is 36.0 Å². The Morgan fingerprint density at radius 3 is 2.94 bits per heavy atom. The molecular weight excluding hydrogens is 222 g/mol. The summed E-state index contributed by atoms with van der Waals surface area (Å²) < 4.78 is 0. The lowest BCUT2D eigenvalue weighted by Crippen LogP contribution is -2.29. The van der Waals surface area contributed by atoms with E-state index in [2.05, 4.69) is 4.98 Å². The predicted octanol–water partition coefficient (Wildman–Crippen LogP) is 1.41. The Bertz CT molecular complexity index is 381. The normalized spacial score (nSPS) is 10.2. The number of hydrogen-bond acceptors (Lipinski definition) is 4. The molecule has 1 rings (SSSR count). The van der Waals surface area contributed by atoms with Crippen molar-refractivity contribution in [2.45, 2.75) is 6.92 Å². The van der Waals surface area contributed by atoms with E-state index in [0.29, 0.717) is 11.3 Å². The van der Waals surface area contributed by atoms with Crippen molar-refractivity contribution in [2.24, 2.45) is 0 Å². The number of aryl methyl sites for hydroxylation is 1. The van der Waals surface area contributed by atoms with Gasteiger partial charge in [-0.2, -0.15) is 11.8 Å². The SMILES string of the molecule is CSCCN(C)C(=O)c1cc(N)cnc1C. The molecule has 0 bridgehead atoms. The molecule has 0 aliphatic heterocycles. The summed E-state index contributed by atoms with van der Waals surface area (Å²) in [6, 6.07) is 1.68. The molecule has 0 fully saturated rings. The fourth-order valence-corrected chi connectivity index (χ4v) is 1.76. The summed E-state index contributed by atoms with van der Waals surface area (Å²) in [6.45, 7) is 2.54. The second kappa shape index (κ2) is 5.75. The number of pyridine rings is 1. The Kier molecular flexibility index (Phi) is 4.61. The predicted molar refractivity (Wildman–Crippen MR) is 68.7 cm³/mol. The summed E-state index contributed by atoms with van der Waals surface area (Å²) in [5.74, 6) is 0.906. The molecular formula is C11H17N3OS. The van der Waals surface area contributed by atoms with Crippen molar-refractivity contribution >= 4 is 23.4 Å². The number of aromatic nitrogens is 1. The van der Waals surface area contributed by atoms with Gasteiger partial charge in [0.1, 0.15) is 0 Å². The maximum Gasteiger partial charge on any atom is 0.255 e. The maximum absolute atomic E-state index is 12.0. The van der Waals surface area contributed by atoms with Crippen LogP contribution in [0.2, 0.25) is 0 Å². The van der Waals surface area contributed by atoms with Gasteiger partial charge in [-0.25, -0.2) is 0 Å². The van der Waals surface area contributed by atoms with Crippen LogP contribution in [0.15, 0.2) is 12.3 Å². The van der Waals surface area contributed by atoms with Crippen LogP contribution in [0.25, 0.3) is 0 Å². The number of nitrogens with two attached hydrogens (primary N) is 1. The van der Waals surface area contributed by atoms with E-state index in [4.69, 9.17) is 5.73 Å². The molecule has 16 heavy (non-hydrogen) atoms. The molecule has 0 unspecified atom stereocenters. The van der Waals surface area contributed by atoms with E-state index in [-0.39, 0.29) is 5.91 Å². The van der Waals surface area contributed by atoms with Gasteiger partial charge in [0.05, 0.1) is 23.1 Å². The molecule has 1 aromatic rings. The Hall–Kier alpha value is -1.23. The van der Waals surface area contributed by atoms with Crippen LogP contribution in [0.5, 0.6) is 0 Å². The van der Waals surface area contributed by atoms with Gasteiger partial charge in [-0.15, -0.1) is 0 Å². The molecule has 0 saturated carbocycles. The second-order valence-corrected chi connectivity index (χ2v) is 4.61. The van der Waals surface area contributed by atoms with Crippen LogP contribution in [-0.2, 0) is 0 Å². The van der Waals surface area contributed by atoms with Gasteiger partial charge >= 0.3 is 0 Å². The first-order valence-corrected chi connectivity index (χ1v) is 6.42. The fraction of sp³-hybridized carbons (Fsp3) is 0.455. The van der Waals surface area contributed by atoms with E-state index in [1.165, 1.54) is 0 Å². The number of nitrogen functional groups attached to an aromatic ring is 1. The molecule has 5 heteroatoms. The molecule has 1 heterocycles. The Morgan fingerprint density at radius 2 is 2.31 bits per heavy atom. The zero-order valence-electron chi connectivity index (χ0n) is 9.86. The zero-order valence-corrected chi connectivity index (χ0v) is 10.7. The first kappa shape index (κ1) is 12.8. The number of thioether (sulfide) groups is 1. The smallest absolute Gasteiger partial charge is 0.255 e. The first-order chi connectivity index (χ1) is 7.56. The summed E-state index contributed by atoms with van der Waals surface area (Å²) >= 11 is 1.72. The number of carbonyl (C=O) groups is 1. The van der Waals surface area contributed by atoms with Gasteiger partial charge in [-0.3, -0.25) is 9.78 Å². The van der Waals surface area contributed by atoms with Gasteiger partial charge in [0.2, 0.25) is 0 Å². The molecule has 1 aromatic heterocycles. The van der Waals surface area contributed by atoms with Gasteiger partial charge in [-0.1, -0.05) is 0 Å². The summed E-state index contributed by atoms with van der Waals surface area (Å²) in [5, 5.41) is 0. The van der Waals surface area contributed by atoms with Gasteiger partial charge in [0.15, 0.2) is 0 Å². The zero-order chi connectivity index (χ0) is 12.1. The summed E-state index contributed by atoms with van der Waals surface area (Å²) in [4.78, 5) is 17.8. The van der Waals surface area contributed by atoms with E-state index in [0.717, 1.165) is 18.0 Å². The second-order valence-electron chi connectivity index (χ2n) is 3.62. The third-order valence-corrected chi connectivity index (χ3v) is 2.91. The summed E-state index contributed by atoms with van der Waals surface area (Å²) in [7, 11) is 1.79. The lowest BCUT2D eigenvalue weighted by molar-refractivity contribution is 0.0802. The van der Waals surface area contributed by atoms with E-state index >= 15 is 0 Å². The Labute approximate surface area is 100 Å². The molecule has 0 aliphatic carbocycles. The van der Waals surface area contributed by atoms with Crippen molar-refractivity contribution < 1.29 is 4.79 Å². The maximum atomic E-state index is 12.0. The first-order valence-electron chi connectivity index (χ1n) is 5.02. The van der Waals surface area contributed by atoms with Gasteiger partial charge < -0.3 is 10.6 Å². The quantitative estimate of drug-likeness (QED) is 0.863. The number of hydrogen-bond donors (Lipinski definition) is 1. The molecule has 0 spiro atoms.